The van der Waals surface area contributed by atoms with Crippen molar-refractivity contribution in [2.45, 2.75) is 13.5 Å². The van der Waals surface area contributed by atoms with E-state index in [1.165, 1.54) is 0 Å². The first kappa shape index (κ1) is 15.3. The van der Waals surface area contributed by atoms with Gasteiger partial charge in [0.05, 0.1) is 18.2 Å². The highest BCUT2D eigenvalue weighted by molar-refractivity contribution is 6.04. The van der Waals surface area contributed by atoms with Crippen LogP contribution in [0.1, 0.15) is 21.6 Å². The minimum atomic E-state index is -0.338. The standard InChI is InChI=1S/C19H16N2O4/c1-11-3-8-16-14(9-11)18-15(10-24-16)17(21-25-18)19(22)20-12-4-6-13(23-2)7-5-12/h3-9H,10H2,1-2H3,(H,20,22). The summed E-state index contributed by atoms with van der Waals surface area (Å²) in [6, 6.07) is 12.9. The molecule has 4 rings (SSSR count). The predicted octanol–water partition coefficient (Wildman–Crippen LogP) is 3.80. The van der Waals surface area contributed by atoms with Gasteiger partial charge in [0.15, 0.2) is 11.5 Å². The van der Waals surface area contributed by atoms with E-state index in [1.807, 2.05) is 25.1 Å². The van der Waals surface area contributed by atoms with Crippen LogP contribution in [0.2, 0.25) is 0 Å². The summed E-state index contributed by atoms with van der Waals surface area (Å²) in [5.41, 5.74) is 3.44. The fourth-order valence-corrected chi connectivity index (χ4v) is 2.79. The van der Waals surface area contributed by atoms with Crippen LogP contribution < -0.4 is 14.8 Å². The zero-order valence-corrected chi connectivity index (χ0v) is 13.8. The van der Waals surface area contributed by atoms with Gasteiger partial charge in [-0.2, -0.15) is 0 Å². The molecule has 0 aliphatic carbocycles. The SMILES string of the molecule is COc1ccc(NC(=O)c2noc3c2COc2ccc(C)cc2-3)cc1. The molecule has 2 aromatic carbocycles. The fraction of sp³-hybridized carbons (Fsp3) is 0.158. The number of hydrogen-bond donors (Lipinski definition) is 1. The lowest BCUT2D eigenvalue weighted by Gasteiger charge is -2.16. The third-order valence-corrected chi connectivity index (χ3v) is 4.10. The highest BCUT2D eigenvalue weighted by atomic mass is 16.5. The molecule has 6 nitrogen and oxygen atoms in total. The highest BCUT2D eigenvalue weighted by Crippen LogP contribution is 2.39. The van der Waals surface area contributed by atoms with Crippen LogP contribution in [0, 0.1) is 6.92 Å². The quantitative estimate of drug-likeness (QED) is 0.787. The summed E-state index contributed by atoms with van der Waals surface area (Å²) in [5, 5.41) is 6.77. The number of aryl methyl sites for hydroxylation is 1. The van der Waals surface area contributed by atoms with E-state index in [0.29, 0.717) is 17.0 Å². The van der Waals surface area contributed by atoms with Crippen molar-refractivity contribution in [1.29, 1.82) is 0 Å². The number of aromatic nitrogens is 1. The number of fused-ring (bicyclic) bond motifs is 3. The average molecular weight is 336 g/mol. The first-order valence-electron chi connectivity index (χ1n) is 7.83. The van der Waals surface area contributed by atoms with E-state index >= 15 is 0 Å². The summed E-state index contributed by atoms with van der Waals surface area (Å²) in [4.78, 5) is 12.6. The molecule has 1 aliphatic heterocycles. The topological polar surface area (TPSA) is 73.6 Å². The van der Waals surface area contributed by atoms with Gasteiger partial charge < -0.3 is 19.3 Å². The second-order valence-corrected chi connectivity index (χ2v) is 5.81. The number of carbonyl (C=O) groups excluding carboxylic acids is 1. The largest absolute Gasteiger partial charge is 0.497 e. The van der Waals surface area contributed by atoms with Gasteiger partial charge in [0.1, 0.15) is 18.1 Å². The molecule has 126 valence electrons. The van der Waals surface area contributed by atoms with Crippen LogP contribution in [-0.4, -0.2) is 18.2 Å². The molecule has 0 bridgehead atoms. The Kier molecular flexibility index (Phi) is 3.65. The number of amides is 1. The maximum atomic E-state index is 12.6. The molecular weight excluding hydrogens is 320 g/mol. The molecule has 0 radical (unpaired) electrons. The van der Waals surface area contributed by atoms with E-state index in [1.54, 1.807) is 31.4 Å². The van der Waals surface area contributed by atoms with Crippen LogP contribution in [0.15, 0.2) is 47.0 Å². The van der Waals surface area contributed by atoms with Crippen molar-refractivity contribution in [1.82, 2.24) is 5.16 Å². The molecule has 0 spiro atoms. The molecule has 1 aromatic heterocycles. The van der Waals surface area contributed by atoms with E-state index in [2.05, 4.69) is 10.5 Å². The molecule has 0 saturated heterocycles. The van der Waals surface area contributed by atoms with Gasteiger partial charge >= 0.3 is 0 Å². The number of rotatable bonds is 3. The number of benzene rings is 2. The summed E-state index contributed by atoms with van der Waals surface area (Å²) in [6.07, 6.45) is 0. The van der Waals surface area contributed by atoms with Crippen molar-refractivity contribution in [3.63, 3.8) is 0 Å². The maximum Gasteiger partial charge on any atom is 0.278 e. The van der Waals surface area contributed by atoms with E-state index in [9.17, 15) is 4.79 Å². The van der Waals surface area contributed by atoms with E-state index < -0.39 is 0 Å². The number of hydrogen-bond acceptors (Lipinski definition) is 5. The zero-order valence-electron chi connectivity index (χ0n) is 13.8. The third kappa shape index (κ3) is 2.71. The minimum absolute atomic E-state index is 0.234. The Bertz CT molecular complexity index is 945. The Morgan fingerprint density at radius 3 is 2.76 bits per heavy atom. The monoisotopic (exact) mass is 336 g/mol. The third-order valence-electron chi connectivity index (χ3n) is 4.10. The summed E-state index contributed by atoms with van der Waals surface area (Å²) < 4.78 is 16.3. The Hall–Kier alpha value is -3.28. The molecule has 6 heteroatoms. The molecule has 2 heterocycles. The fourth-order valence-electron chi connectivity index (χ4n) is 2.79. The molecule has 1 amide bonds. The van der Waals surface area contributed by atoms with Crippen LogP contribution in [-0.2, 0) is 6.61 Å². The minimum Gasteiger partial charge on any atom is -0.497 e. The molecule has 0 saturated carbocycles. The lowest BCUT2D eigenvalue weighted by Crippen LogP contribution is -2.16. The second-order valence-electron chi connectivity index (χ2n) is 5.81. The number of nitrogens with one attached hydrogen (secondary N) is 1. The molecule has 3 aromatic rings. The Balaban J connectivity index is 1.63. The summed E-state index contributed by atoms with van der Waals surface area (Å²) in [6.45, 7) is 2.24. The lowest BCUT2D eigenvalue weighted by atomic mass is 10.0. The van der Waals surface area contributed by atoms with Gasteiger partial charge in [0.2, 0.25) is 0 Å². The first-order chi connectivity index (χ1) is 12.2. The lowest BCUT2D eigenvalue weighted by molar-refractivity contribution is 0.101. The van der Waals surface area contributed by atoms with Crippen LogP contribution in [0.3, 0.4) is 0 Å². The molecule has 25 heavy (non-hydrogen) atoms. The molecule has 0 atom stereocenters. The van der Waals surface area contributed by atoms with Crippen LogP contribution in [0.4, 0.5) is 5.69 Å². The summed E-state index contributed by atoms with van der Waals surface area (Å²) in [5.74, 6) is 1.70. The van der Waals surface area contributed by atoms with Crippen molar-refractivity contribution in [3.8, 4) is 22.8 Å². The van der Waals surface area contributed by atoms with Crippen molar-refractivity contribution >= 4 is 11.6 Å². The Labute approximate surface area is 144 Å². The number of methoxy groups -OCH3 is 1. The summed E-state index contributed by atoms with van der Waals surface area (Å²) >= 11 is 0. The van der Waals surface area contributed by atoms with Gasteiger partial charge in [-0.1, -0.05) is 16.8 Å². The van der Waals surface area contributed by atoms with Crippen LogP contribution in [0.5, 0.6) is 11.5 Å². The molecule has 1 N–H and O–H groups in total. The first-order valence-corrected chi connectivity index (χ1v) is 7.83. The van der Waals surface area contributed by atoms with Gasteiger partial charge in [0, 0.05) is 5.69 Å². The smallest absolute Gasteiger partial charge is 0.278 e. The molecule has 0 unspecified atom stereocenters. The number of ether oxygens (including phenoxy) is 2. The van der Waals surface area contributed by atoms with Gasteiger partial charge in [0.25, 0.3) is 5.91 Å². The predicted molar refractivity (Wildman–Crippen MR) is 92.0 cm³/mol. The molecular formula is C19H16N2O4. The van der Waals surface area contributed by atoms with E-state index in [0.717, 1.165) is 22.6 Å². The number of carbonyl (C=O) groups is 1. The van der Waals surface area contributed by atoms with E-state index in [4.69, 9.17) is 14.0 Å². The van der Waals surface area contributed by atoms with Gasteiger partial charge in [-0.25, -0.2) is 0 Å². The van der Waals surface area contributed by atoms with Crippen molar-refractivity contribution < 1.29 is 18.8 Å². The second kappa shape index (κ2) is 5.98. The normalized spacial score (nSPS) is 11.9. The number of nitrogens with zero attached hydrogens (tertiary/aromatic N) is 1. The van der Waals surface area contributed by atoms with Crippen LogP contribution >= 0.6 is 0 Å². The van der Waals surface area contributed by atoms with Crippen molar-refractivity contribution in [3.05, 3.63) is 59.3 Å². The Morgan fingerprint density at radius 2 is 2.00 bits per heavy atom. The maximum absolute atomic E-state index is 12.6. The number of anilines is 1. The molecule has 0 fully saturated rings. The van der Waals surface area contributed by atoms with Gasteiger partial charge in [-0.3, -0.25) is 4.79 Å². The van der Waals surface area contributed by atoms with Crippen molar-refractivity contribution in [2.24, 2.45) is 0 Å². The average Bonchev–Trinajstić information content (AvgIpc) is 3.07. The van der Waals surface area contributed by atoms with Gasteiger partial charge in [-0.15, -0.1) is 0 Å². The van der Waals surface area contributed by atoms with Gasteiger partial charge in [-0.05, 0) is 43.3 Å². The van der Waals surface area contributed by atoms with Crippen LogP contribution in [0.25, 0.3) is 11.3 Å². The zero-order chi connectivity index (χ0) is 17.4. The highest BCUT2D eigenvalue weighted by Gasteiger charge is 2.28. The molecule has 1 aliphatic rings. The van der Waals surface area contributed by atoms with Crippen molar-refractivity contribution in [2.75, 3.05) is 12.4 Å². The Morgan fingerprint density at radius 1 is 1.20 bits per heavy atom. The van der Waals surface area contributed by atoms with E-state index in [-0.39, 0.29) is 18.2 Å². The summed E-state index contributed by atoms with van der Waals surface area (Å²) in [7, 11) is 1.59.